The zero-order valence-electron chi connectivity index (χ0n) is 9.58. The van der Waals surface area contributed by atoms with E-state index in [9.17, 15) is 14.4 Å². The predicted molar refractivity (Wildman–Crippen MR) is 57.4 cm³/mol. The van der Waals surface area contributed by atoms with Crippen molar-refractivity contribution in [3.63, 3.8) is 0 Å². The van der Waals surface area contributed by atoms with Gasteiger partial charge >= 0.3 is 0 Å². The number of hydrogen-bond donors (Lipinski definition) is 2. The largest absolute Gasteiger partial charge is 0.324 e. The van der Waals surface area contributed by atoms with Crippen LogP contribution in [-0.2, 0) is 14.4 Å². The van der Waals surface area contributed by atoms with Crippen molar-refractivity contribution in [3.8, 4) is 0 Å². The molecule has 0 aromatic carbocycles. The summed E-state index contributed by atoms with van der Waals surface area (Å²) >= 11 is 0. The van der Waals surface area contributed by atoms with Crippen LogP contribution >= 0.6 is 0 Å². The minimum absolute atomic E-state index is 0.0267. The van der Waals surface area contributed by atoms with Crippen molar-refractivity contribution in [1.82, 2.24) is 15.5 Å². The van der Waals surface area contributed by atoms with Gasteiger partial charge in [0.2, 0.25) is 17.7 Å². The summed E-state index contributed by atoms with van der Waals surface area (Å²) in [7, 11) is 0. The highest BCUT2D eigenvalue weighted by molar-refractivity contribution is 6.02. The molecule has 6 heteroatoms. The van der Waals surface area contributed by atoms with Gasteiger partial charge in [0.15, 0.2) is 0 Å². The number of piperazine rings is 1. The van der Waals surface area contributed by atoms with Gasteiger partial charge in [-0.05, 0) is 6.54 Å². The van der Waals surface area contributed by atoms with Crippen LogP contribution in [0, 0.1) is 5.92 Å². The summed E-state index contributed by atoms with van der Waals surface area (Å²) in [5, 5.41) is 5.22. The zero-order chi connectivity index (χ0) is 12.1. The highest BCUT2D eigenvalue weighted by atomic mass is 16.2. The van der Waals surface area contributed by atoms with Gasteiger partial charge in [-0.25, -0.2) is 0 Å². The van der Waals surface area contributed by atoms with Gasteiger partial charge in [-0.3, -0.25) is 19.7 Å². The maximum Gasteiger partial charge on any atom is 0.246 e. The summed E-state index contributed by atoms with van der Waals surface area (Å²) in [6, 6.07) is 0. The van der Waals surface area contributed by atoms with E-state index in [1.54, 1.807) is 6.92 Å². The van der Waals surface area contributed by atoms with E-state index >= 15 is 0 Å². The van der Waals surface area contributed by atoms with E-state index in [2.05, 4.69) is 10.6 Å². The van der Waals surface area contributed by atoms with Crippen LogP contribution in [0.1, 0.15) is 13.8 Å². The second-order valence-corrected chi connectivity index (χ2v) is 3.87. The fourth-order valence-electron chi connectivity index (χ4n) is 1.55. The molecule has 90 valence electrons. The smallest absolute Gasteiger partial charge is 0.246 e. The number of nitrogens with one attached hydrogen (secondary N) is 2. The molecule has 1 unspecified atom stereocenters. The van der Waals surface area contributed by atoms with Crippen LogP contribution in [0.3, 0.4) is 0 Å². The Hall–Kier alpha value is -1.43. The Kier molecular flexibility index (Phi) is 4.42. The molecule has 1 rings (SSSR count). The lowest BCUT2D eigenvalue weighted by molar-refractivity contribution is -0.147. The molecule has 1 atom stereocenters. The molecule has 16 heavy (non-hydrogen) atoms. The first-order chi connectivity index (χ1) is 7.54. The molecular weight excluding hydrogens is 210 g/mol. The van der Waals surface area contributed by atoms with E-state index in [4.69, 9.17) is 0 Å². The summed E-state index contributed by atoms with van der Waals surface area (Å²) in [6.45, 7) is 5.03. The Morgan fingerprint density at radius 2 is 2.00 bits per heavy atom. The predicted octanol–water partition coefficient (Wildman–Crippen LogP) is -1.28. The number of carbonyl (C=O) groups is 3. The Bertz CT molecular complexity index is 288. The third-order valence-corrected chi connectivity index (χ3v) is 2.38. The van der Waals surface area contributed by atoms with E-state index in [0.717, 1.165) is 6.54 Å². The average Bonchev–Trinajstić information content (AvgIpc) is 2.23. The first kappa shape index (κ1) is 12.6. The van der Waals surface area contributed by atoms with Crippen molar-refractivity contribution in [2.45, 2.75) is 13.8 Å². The zero-order valence-corrected chi connectivity index (χ0v) is 9.58. The van der Waals surface area contributed by atoms with Crippen molar-refractivity contribution in [1.29, 1.82) is 0 Å². The van der Waals surface area contributed by atoms with Crippen LogP contribution in [0.4, 0.5) is 0 Å². The molecule has 0 aliphatic carbocycles. The van der Waals surface area contributed by atoms with E-state index < -0.39 is 11.8 Å². The molecule has 6 nitrogen and oxygen atoms in total. The molecule has 1 aliphatic heterocycles. The van der Waals surface area contributed by atoms with E-state index in [0.29, 0.717) is 6.54 Å². The van der Waals surface area contributed by atoms with Crippen molar-refractivity contribution < 1.29 is 14.4 Å². The maximum atomic E-state index is 11.8. The lowest BCUT2D eigenvalue weighted by Gasteiger charge is -2.27. The summed E-state index contributed by atoms with van der Waals surface area (Å²) < 4.78 is 0. The molecule has 1 fully saturated rings. The number of carbonyl (C=O) groups excluding carboxylic acids is 3. The summed E-state index contributed by atoms with van der Waals surface area (Å²) in [6.07, 6.45) is 0. The van der Waals surface area contributed by atoms with Crippen LogP contribution < -0.4 is 10.6 Å². The Morgan fingerprint density at radius 1 is 1.44 bits per heavy atom. The molecule has 0 spiro atoms. The third-order valence-electron chi connectivity index (χ3n) is 2.38. The third kappa shape index (κ3) is 3.30. The normalized spacial score (nSPS) is 18.2. The van der Waals surface area contributed by atoms with Gasteiger partial charge in [-0.1, -0.05) is 13.8 Å². The number of nitrogens with zero attached hydrogens (tertiary/aromatic N) is 1. The van der Waals surface area contributed by atoms with Crippen LogP contribution in [0.2, 0.25) is 0 Å². The molecule has 2 N–H and O–H groups in total. The number of imide groups is 1. The topological polar surface area (TPSA) is 78.5 Å². The monoisotopic (exact) mass is 227 g/mol. The highest BCUT2D eigenvalue weighted by Crippen LogP contribution is 2.04. The maximum absolute atomic E-state index is 11.8. The van der Waals surface area contributed by atoms with Gasteiger partial charge in [-0.15, -0.1) is 0 Å². The summed E-state index contributed by atoms with van der Waals surface area (Å²) in [5.41, 5.74) is 0. The minimum Gasteiger partial charge on any atom is -0.324 e. The standard InChI is InChI=1S/C10H17N3O3/c1-3-11-4-7(2)10(16)13-5-8(14)12-9(15)6-13/h7,11H,3-6H2,1-2H3,(H,12,14,15). The van der Waals surface area contributed by atoms with Crippen LogP contribution in [-0.4, -0.2) is 48.8 Å². The summed E-state index contributed by atoms with van der Waals surface area (Å²) in [5.74, 6) is -1.22. The molecular formula is C10H17N3O3. The Morgan fingerprint density at radius 3 is 2.50 bits per heavy atom. The van der Waals surface area contributed by atoms with Crippen molar-refractivity contribution in [3.05, 3.63) is 0 Å². The van der Waals surface area contributed by atoms with E-state index in [1.165, 1.54) is 4.90 Å². The molecule has 0 saturated carbocycles. The van der Waals surface area contributed by atoms with Crippen LogP contribution in [0.5, 0.6) is 0 Å². The van der Waals surface area contributed by atoms with Gasteiger partial charge in [0.1, 0.15) is 13.1 Å². The minimum atomic E-state index is -0.416. The molecule has 3 amide bonds. The SMILES string of the molecule is CCNCC(C)C(=O)N1CC(=O)NC(=O)C1. The molecule has 0 aromatic heterocycles. The Labute approximate surface area is 94.4 Å². The van der Waals surface area contributed by atoms with Crippen LogP contribution in [0.25, 0.3) is 0 Å². The second kappa shape index (κ2) is 5.60. The second-order valence-electron chi connectivity index (χ2n) is 3.87. The lowest BCUT2D eigenvalue weighted by Crippen LogP contribution is -2.55. The molecule has 0 bridgehead atoms. The van der Waals surface area contributed by atoms with Gasteiger partial charge in [-0.2, -0.15) is 0 Å². The Balaban J connectivity index is 2.52. The quantitative estimate of drug-likeness (QED) is 0.586. The highest BCUT2D eigenvalue weighted by Gasteiger charge is 2.28. The van der Waals surface area contributed by atoms with Crippen LogP contribution in [0.15, 0.2) is 0 Å². The first-order valence-electron chi connectivity index (χ1n) is 5.36. The summed E-state index contributed by atoms with van der Waals surface area (Å²) in [4.78, 5) is 35.3. The van der Waals surface area contributed by atoms with Gasteiger partial charge in [0, 0.05) is 12.5 Å². The fraction of sp³-hybridized carbons (Fsp3) is 0.700. The van der Waals surface area contributed by atoms with Gasteiger partial charge in [0.25, 0.3) is 0 Å². The number of amides is 3. The average molecular weight is 227 g/mol. The van der Waals surface area contributed by atoms with Gasteiger partial charge in [0.05, 0.1) is 0 Å². The fourth-order valence-corrected chi connectivity index (χ4v) is 1.55. The molecule has 0 aromatic rings. The van der Waals surface area contributed by atoms with E-state index in [1.807, 2.05) is 6.92 Å². The number of hydrogen-bond acceptors (Lipinski definition) is 4. The lowest BCUT2D eigenvalue weighted by atomic mass is 10.1. The van der Waals surface area contributed by atoms with Crippen molar-refractivity contribution >= 4 is 17.7 Å². The van der Waals surface area contributed by atoms with Crippen molar-refractivity contribution in [2.24, 2.45) is 5.92 Å². The van der Waals surface area contributed by atoms with Crippen molar-refractivity contribution in [2.75, 3.05) is 26.2 Å². The molecule has 1 aliphatic rings. The first-order valence-corrected chi connectivity index (χ1v) is 5.36. The molecule has 1 saturated heterocycles. The molecule has 1 heterocycles. The van der Waals surface area contributed by atoms with E-state index in [-0.39, 0.29) is 24.9 Å². The number of rotatable bonds is 4. The molecule has 0 radical (unpaired) electrons. The van der Waals surface area contributed by atoms with Gasteiger partial charge < -0.3 is 10.2 Å².